The largest absolute Gasteiger partial charge is 0.324 e. The van der Waals surface area contributed by atoms with E-state index in [2.05, 4.69) is 29.5 Å². The number of halogens is 1. The highest BCUT2D eigenvalue weighted by Gasteiger charge is 2.55. The molecule has 2 unspecified atom stereocenters. The third-order valence-corrected chi connectivity index (χ3v) is 5.11. The molecule has 1 fully saturated rings. The molecule has 0 spiro atoms. The number of carbonyl (C=O) groups excluding carboxylic acids is 3. The fourth-order valence-corrected chi connectivity index (χ4v) is 3.50. The number of hydrogen-bond acceptors (Lipinski definition) is 6. The zero-order valence-electron chi connectivity index (χ0n) is 16.4. The second-order valence-corrected chi connectivity index (χ2v) is 7.51. The molecule has 2 atom stereocenters. The highest BCUT2D eigenvalue weighted by atomic mass is 19.1. The summed E-state index contributed by atoms with van der Waals surface area (Å²) in [5.74, 6) is -1.57. The Morgan fingerprint density at radius 3 is 2.37 bits per heavy atom. The van der Waals surface area contributed by atoms with Crippen molar-refractivity contribution in [2.45, 2.75) is 31.8 Å². The summed E-state index contributed by atoms with van der Waals surface area (Å²) in [6, 6.07) is 10.5. The Kier molecular flexibility index (Phi) is 5.03. The van der Waals surface area contributed by atoms with Gasteiger partial charge in [-0.25, -0.2) is 9.29 Å². The molecule has 0 bridgehead atoms. The number of hydrogen-bond donors (Lipinski definition) is 1. The molecule has 0 aliphatic carbocycles. The van der Waals surface area contributed by atoms with Crippen molar-refractivity contribution in [3.63, 3.8) is 0 Å². The van der Waals surface area contributed by atoms with Crippen LogP contribution in [0.1, 0.15) is 25.3 Å². The van der Waals surface area contributed by atoms with Crippen molar-refractivity contribution < 1.29 is 18.8 Å². The molecule has 2 heterocycles. The van der Waals surface area contributed by atoms with Gasteiger partial charge in [0, 0.05) is 5.69 Å². The lowest BCUT2D eigenvalue weighted by Crippen LogP contribution is -2.43. The molecule has 0 aromatic heterocycles. The van der Waals surface area contributed by atoms with Crippen LogP contribution in [0, 0.1) is 5.82 Å². The van der Waals surface area contributed by atoms with E-state index in [0.29, 0.717) is 11.6 Å². The van der Waals surface area contributed by atoms with Crippen LogP contribution in [0.4, 0.5) is 15.8 Å². The number of carbonyl (C=O) groups is 3. The molecule has 2 aliphatic heterocycles. The molecule has 3 amide bonds. The third-order valence-electron chi connectivity index (χ3n) is 5.11. The third kappa shape index (κ3) is 3.54. The van der Waals surface area contributed by atoms with Gasteiger partial charge in [0.2, 0.25) is 5.91 Å². The van der Waals surface area contributed by atoms with Gasteiger partial charge >= 0.3 is 0 Å². The van der Waals surface area contributed by atoms with E-state index in [1.54, 1.807) is 0 Å². The lowest BCUT2D eigenvalue weighted by molar-refractivity contribution is -0.123. The van der Waals surface area contributed by atoms with Crippen LogP contribution in [0.5, 0.6) is 0 Å². The van der Waals surface area contributed by atoms with Crippen molar-refractivity contribution in [1.82, 2.24) is 5.01 Å². The zero-order chi connectivity index (χ0) is 21.4. The van der Waals surface area contributed by atoms with Crippen molar-refractivity contribution in [2.75, 3.05) is 16.8 Å². The first kappa shape index (κ1) is 19.7. The summed E-state index contributed by atoms with van der Waals surface area (Å²) < 4.78 is 13.2. The van der Waals surface area contributed by atoms with Crippen LogP contribution >= 0.6 is 0 Å². The van der Waals surface area contributed by atoms with E-state index < -0.39 is 29.7 Å². The Balaban J connectivity index is 1.44. The van der Waals surface area contributed by atoms with Gasteiger partial charge in [-0.15, -0.1) is 0 Å². The van der Waals surface area contributed by atoms with Crippen molar-refractivity contribution in [2.24, 2.45) is 10.3 Å². The molecular weight excluding hydrogens is 389 g/mol. The summed E-state index contributed by atoms with van der Waals surface area (Å²) >= 11 is 0. The summed E-state index contributed by atoms with van der Waals surface area (Å²) in [5, 5.41) is 11.7. The minimum absolute atomic E-state index is 0.229. The van der Waals surface area contributed by atoms with Gasteiger partial charge in [-0.3, -0.25) is 19.4 Å². The van der Waals surface area contributed by atoms with Crippen LogP contribution in [-0.4, -0.2) is 41.4 Å². The quantitative estimate of drug-likeness (QED) is 0.769. The van der Waals surface area contributed by atoms with E-state index in [9.17, 15) is 18.8 Å². The summed E-state index contributed by atoms with van der Waals surface area (Å²) in [7, 11) is 0. The number of anilines is 2. The lowest BCUT2D eigenvalue weighted by atomic mass is 10.0. The molecule has 2 aliphatic rings. The maximum absolute atomic E-state index is 13.2. The Bertz CT molecular complexity index is 1020. The van der Waals surface area contributed by atoms with Crippen LogP contribution in [0.15, 0.2) is 58.9 Å². The Labute approximate surface area is 172 Å². The van der Waals surface area contributed by atoms with E-state index in [1.165, 1.54) is 29.3 Å². The SMILES string of the molecule is CC(C)c1ccc(NC(=O)CN2N=NC3C(=O)N(c4ccc(F)cc4)C(=O)C32)cc1. The fraction of sp³-hybridized carbons (Fsp3) is 0.286. The zero-order valence-corrected chi connectivity index (χ0v) is 16.4. The highest BCUT2D eigenvalue weighted by Crippen LogP contribution is 2.31. The van der Waals surface area contributed by atoms with E-state index in [0.717, 1.165) is 10.5 Å². The van der Waals surface area contributed by atoms with Gasteiger partial charge in [-0.2, -0.15) is 5.11 Å². The summed E-state index contributed by atoms with van der Waals surface area (Å²) in [5.41, 5.74) is 2.03. The van der Waals surface area contributed by atoms with Crippen LogP contribution in [-0.2, 0) is 14.4 Å². The first-order valence-corrected chi connectivity index (χ1v) is 9.56. The summed E-state index contributed by atoms with van der Waals surface area (Å²) in [4.78, 5) is 38.9. The predicted molar refractivity (Wildman–Crippen MR) is 107 cm³/mol. The van der Waals surface area contributed by atoms with Gasteiger partial charge in [0.05, 0.1) is 5.69 Å². The molecule has 154 valence electrons. The van der Waals surface area contributed by atoms with Gasteiger partial charge in [0.1, 0.15) is 12.4 Å². The fourth-order valence-electron chi connectivity index (χ4n) is 3.50. The van der Waals surface area contributed by atoms with Gasteiger partial charge in [-0.05, 0) is 47.9 Å². The minimum atomic E-state index is -1.01. The lowest BCUT2D eigenvalue weighted by Gasteiger charge is -2.20. The molecule has 4 rings (SSSR count). The average Bonchev–Trinajstić information content (AvgIpc) is 3.23. The van der Waals surface area contributed by atoms with E-state index in [1.807, 2.05) is 24.3 Å². The average molecular weight is 409 g/mol. The molecule has 0 saturated carbocycles. The first-order chi connectivity index (χ1) is 14.3. The van der Waals surface area contributed by atoms with E-state index in [-0.39, 0.29) is 18.1 Å². The standard InChI is InChI=1S/C21H20FN5O3/c1-12(2)13-3-7-15(8-4-13)23-17(28)11-26-19-18(24-25-26)20(29)27(21(19)30)16-9-5-14(22)6-10-16/h3-10,12,18-19H,11H2,1-2H3,(H,23,28). The molecule has 30 heavy (non-hydrogen) atoms. The van der Waals surface area contributed by atoms with Gasteiger partial charge < -0.3 is 5.32 Å². The Hall–Kier alpha value is -3.62. The molecular formula is C21H20FN5O3. The monoisotopic (exact) mass is 409 g/mol. The Morgan fingerprint density at radius 2 is 1.73 bits per heavy atom. The summed E-state index contributed by atoms with van der Waals surface area (Å²) in [6.07, 6.45) is 0. The molecule has 2 aromatic carbocycles. The van der Waals surface area contributed by atoms with Gasteiger partial charge in [0.25, 0.3) is 11.8 Å². The van der Waals surface area contributed by atoms with Crippen LogP contribution in [0.25, 0.3) is 0 Å². The number of nitrogens with one attached hydrogen (secondary N) is 1. The van der Waals surface area contributed by atoms with Gasteiger partial charge in [-0.1, -0.05) is 31.2 Å². The molecule has 1 N–H and O–H groups in total. The molecule has 1 saturated heterocycles. The van der Waals surface area contributed by atoms with Crippen LogP contribution in [0.3, 0.4) is 0 Å². The van der Waals surface area contributed by atoms with Crippen LogP contribution in [0.2, 0.25) is 0 Å². The number of amides is 3. The first-order valence-electron chi connectivity index (χ1n) is 9.56. The number of benzene rings is 2. The molecule has 8 nitrogen and oxygen atoms in total. The second-order valence-electron chi connectivity index (χ2n) is 7.51. The van der Waals surface area contributed by atoms with Crippen molar-refractivity contribution in [3.05, 3.63) is 59.9 Å². The number of rotatable bonds is 5. The molecule has 9 heteroatoms. The maximum Gasteiger partial charge on any atom is 0.263 e. The maximum atomic E-state index is 13.2. The topological polar surface area (TPSA) is 94.4 Å². The highest BCUT2D eigenvalue weighted by molar-refractivity contribution is 6.25. The second kappa shape index (κ2) is 7.66. The number of nitrogens with zero attached hydrogens (tertiary/aromatic N) is 4. The Morgan fingerprint density at radius 1 is 1.07 bits per heavy atom. The predicted octanol–water partition coefficient (Wildman–Crippen LogP) is 2.88. The molecule has 2 aromatic rings. The van der Waals surface area contributed by atoms with Crippen LogP contribution < -0.4 is 10.2 Å². The number of fused-ring (bicyclic) bond motifs is 1. The smallest absolute Gasteiger partial charge is 0.263 e. The van der Waals surface area contributed by atoms with Crippen molar-refractivity contribution >= 4 is 29.1 Å². The number of imide groups is 1. The van der Waals surface area contributed by atoms with Gasteiger partial charge in [0.15, 0.2) is 12.1 Å². The normalized spacial score (nSPS) is 20.3. The van der Waals surface area contributed by atoms with E-state index in [4.69, 9.17) is 0 Å². The minimum Gasteiger partial charge on any atom is -0.324 e. The molecule has 0 radical (unpaired) electrons. The van der Waals surface area contributed by atoms with E-state index >= 15 is 0 Å². The van der Waals surface area contributed by atoms with Crippen molar-refractivity contribution in [3.8, 4) is 0 Å². The summed E-state index contributed by atoms with van der Waals surface area (Å²) in [6.45, 7) is 3.93. The van der Waals surface area contributed by atoms with Crippen molar-refractivity contribution in [1.29, 1.82) is 0 Å².